The van der Waals surface area contributed by atoms with Crippen LogP contribution in [-0.4, -0.2) is 21.8 Å². The average molecular weight is 257 g/mol. The Morgan fingerprint density at radius 2 is 2.26 bits per heavy atom. The lowest BCUT2D eigenvalue weighted by molar-refractivity contribution is -0.122. The smallest absolute Gasteiger partial charge is 0.266 e. The SMILES string of the molecule is Cc1cc(NC(=O)C2Cc3ccccc3O2)n(C)n1. The van der Waals surface area contributed by atoms with E-state index in [-0.39, 0.29) is 5.91 Å². The highest BCUT2D eigenvalue weighted by atomic mass is 16.5. The summed E-state index contributed by atoms with van der Waals surface area (Å²) in [6.07, 6.45) is 0.145. The summed E-state index contributed by atoms with van der Waals surface area (Å²) >= 11 is 0. The molecule has 1 amide bonds. The second-order valence-electron chi connectivity index (χ2n) is 4.70. The summed E-state index contributed by atoms with van der Waals surface area (Å²) < 4.78 is 7.29. The molecule has 5 nitrogen and oxygen atoms in total. The van der Waals surface area contributed by atoms with Crippen molar-refractivity contribution in [1.82, 2.24) is 9.78 Å². The molecular formula is C14H15N3O2. The van der Waals surface area contributed by atoms with Crippen LogP contribution in [0.1, 0.15) is 11.3 Å². The van der Waals surface area contributed by atoms with Crippen LogP contribution in [0.15, 0.2) is 30.3 Å². The van der Waals surface area contributed by atoms with Crippen molar-refractivity contribution in [2.45, 2.75) is 19.4 Å². The molecule has 1 aliphatic heterocycles. The number of fused-ring (bicyclic) bond motifs is 1. The third kappa shape index (κ3) is 2.19. The Labute approximate surface area is 111 Å². The van der Waals surface area contributed by atoms with Crippen molar-refractivity contribution in [3.63, 3.8) is 0 Å². The summed E-state index contributed by atoms with van der Waals surface area (Å²) in [5.74, 6) is 1.34. The molecule has 3 rings (SSSR count). The van der Waals surface area contributed by atoms with Crippen LogP contribution in [0.5, 0.6) is 5.75 Å². The maximum atomic E-state index is 12.2. The molecule has 2 aromatic rings. The van der Waals surface area contributed by atoms with Crippen LogP contribution >= 0.6 is 0 Å². The van der Waals surface area contributed by atoms with E-state index in [1.54, 1.807) is 11.7 Å². The van der Waals surface area contributed by atoms with Crippen LogP contribution in [0.4, 0.5) is 5.82 Å². The van der Waals surface area contributed by atoms with E-state index < -0.39 is 6.10 Å². The molecule has 1 aromatic carbocycles. The summed E-state index contributed by atoms with van der Waals surface area (Å²) in [6, 6.07) is 9.56. The van der Waals surface area contributed by atoms with Gasteiger partial charge in [0.05, 0.1) is 5.69 Å². The molecule has 0 radical (unpaired) electrons. The Hall–Kier alpha value is -2.30. The van der Waals surface area contributed by atoms with Gasteiger partial charge in [-0.2, -0.15) is 5.10 Å². The fraction of sp³-hybridized carbons (Fsp3) is 0.286. The van der Waals surface area contributed by atoms with Gasteiger partial charge in [-0.3, -0.25) is 9.48 Å². The van der Waals surface area contributed by atoms with Gasteiger partial charge in [0.15, 0.2) is 6.10 Å². The fourth-order valence-electron chi connectivity index (χ4n) is 2.26. The lowest BCUT2D eigenvalue weighted by Crippen LogP contribution is -2.32. The molecule has 0 bridgehead atoms. The summed E-state index contributed by atoms with van der Waals surface area (Å²) in [5, 5.41) is 7.04. The number of amides is 1. The van der Waals surface area contributed by atoms with E-state index in [9.17, 15) is 4.79 Å². The highest BCUT2D eigenvalue weighted by Crippen LogP contribution is 2.28. The molecule has 1 atom stereocenters. The molecule has 0 spiro atoms. The zero-order valence-electron chi connectivity index (χ0n) is 10.9. The number of rotatable bonds is 2. The first-order valence-corrected chi connectivity index (χ1v) is 6.19. The van der Waals surface area contributed by atoms with Gasteiger partial charge in [0, 0.05) is 19.5 Å². The van der Waals surface area contributed by atoms with E-state index >= 15 is 0 Å². The van der Waals surface area contributed by atoms with Gasteiger partial charge in [0.25, 0.3) is 5.91 Å². The third-order valence-electron chi connectivity index (χ3n) is 3.19. The molecule has 0 fully saturated rings. The van der Waals surface area contributed by atoms with Crippen LogP contribution in [0.2, 0.25) is 0 Å². The minimum atomic E-state index is -0.465. The van der Waals surface area contributed by atoms with Gasteiger partial charge >= 0.3 is 0 Å². The van der Waals surface area contributed by atoms with Gasteiger partial charge in [-0.15, -0.1) is 0 Å². The molecule has 1 aliphatic rings. The Bertz CT molecular complexity index is 608. The Kier molecular flexibility index (Phi) is 2.74. The summed E-state index contributed by atoms with van der Waals surface area (Å²) in [7, 11) is 1.80. The Morgan fingerprint density at radius 3 is 2.95 bits per heavy atom. The predicted octanol–water partition coefficient (Wildman–Crippen LogP) is 1.67. The molecule has 0 saturated heterocycles. The van der Waals surface area contributed by atoms with E-state index in [2.05, 4.69) is 10.4 Å². The molecule has 2 heterocycles. The normalized spacial score (nSPS) is 16.8. The van der Waals surface area contributed by atoms with Crippen molar-refractivity contribution in [2.75, 3.05) is 5.32 Å². The molecule has 0 aliphatic carbocycles. The minimum absolute atomic E-state index is 0.140. The standard InChI is InChI=1S/C14H15N3O2/c1-9-7-13(17(2)16-9)15-14(18)12-8-10-5-3-4-6-11(10)19-12/h3-7,12H,8H2,1-2H3,(H,15,18). The Morgan fingerprint density at radius 1 is 1.47 bits per heavy atom. The van der Waals surface area contributed by atoms with Gasteiger partial charge in [-0.05, 0) is 18.6 Å². The molecular weight excluding hydrogens is 242 g/mol. The maximum Gasteiger partial charge on any atom is 0.266 e. The van der Waals surface area contributed by atoms with Crippen LogP contribution in [-0.2, 0) is 18.3 Å². The largest absolute Gasteiger partial charge is 0.480 e. The predicted molar refractivity (Wildman–Crippen MR) is 71.1 cm³/mol. The number of aryl methyl sites for hydroxylation is 2. The number of carbonyl (C=O) groups is 1. The monoisotopic (exact) mass is 257 g/mol. The van der Waals surface area contributed by atoms with Crippen molar-refractivity contribution >= 4 is 11.7 Å². The van der Waals surface area contributed by atoms with Crippen LogP contribution < -0.4 is 10.1 Å². The number of carbonyl (C=O) groups excluding carboxylic acids is 1. The number of anilines is 1. The number of para-hydroxylation sites is 1. The lowest BCUT2D eigenvalue weighted by atomic mass is 10.1. The topological polar surface area (TPSA) is 56.1 Å². The Balaban J connectivity index is 1.72. The molecule has 98 valence electrons. The summed E-state index contributed by atoms with van der Waals surface area (Å²) in [6.45, 7) is 1.89. The van der Waals surface area contributed by atoms with Crippen molar-refractivity contribution in [3.05, 3.63) is 41.6 Å². The van der Waals surface area contributed by atoms with Crippen molar-refractivity contribution in [2.24, 2.45) is 7.05 Å². The second kappa shape index (κ2) is 4.42. The van der Waals surface area contributed by atoms with E-state index in [0.29, 0.717) is 12.2 Å². The van der Waals surface area contributed by atoms with Gasteiger partial charge in [-0.25, -0.2) is 0 Å². The minimum Gasteiger partial charge on any atom is -0.480 e. The number of benzene rings is 1. The van der Waals surface area contributed by atoms with Gasteiger partial charge in [0.2, 0.25) is 0 Å². The summed E-state index contributed by atoms with van der Waals surface area (Å²) in [5.41, 5.74) is 1.94. The average Bonchev–Trinajstić information content (AvgIpc) is 2.93. The molecule has 5 heteroatoms. The highest BCUT2D eigenvalue weighted by molar-refractivity contribution is 5.94. The van der Waals surface area contributed by atoms with Gasteiger partial charge < -0.3 is 10.1 Å². The van der Waals surface area contributed by atoms with E-state index in [0.717, 1.165) is 17.0 Å². The quantitative estimate of drug-likeness (QED) is 0.890. The second-order valence-corrected chi connectivity index (χ2v) is 4.70. The first-order chi connectivity index (χ1) is 9.13. The van der Waals surface area contributed by atoms with Crippen LogP contribution in [0, 0.1) is 6.92 Å². The zero-order chi connectivity index (χ0) is 13.4. The number of ether oxygens (including phenoxy) is 1. The van der Waals surface area contributed by atoms with Crippen molar-refractivity contribution < 1.29 is 9.53 Å². The number of nitrogens with zero attached hydrogens (tertiary/aromatic N) is 2. The van der Waals surface area contributed by atoms with Crippen molar-refractivity contribution in [1.29, 1.82) is 0 Å². The number of aromatic nitrogens is 2. The molecule has 0 saturated carbocycles. The molecule has 1 aromatic heterocycles. The zero-order valence-corrected chi connectivity index (χ0v) is 10.9. The van der Waals surface area contributed by atoms with Gasteiger partial charge in [0.1, 0.15) is 11.6 Å². The van der Waals surface area contributed by atoms with E-state index in [4.69, 9.17) is 4.74 Å². The van der Waals surface area contributed by atoms with Gasteiger partial charge in [-0.1, -0.05) is 18.2 Å². The first-order valence-electron chi connectivity index (χ1n) is 6.19. The first kappa shape index (κ1) is 11.8. The number of hydrogen-bond acceptors (Lipinski definition) is 3. The fourth-order valence-corrected chi connectivity index (χ4v) is 2.26. The van der Waals surface area contributed by atoms with Crippen LogP contribution in [0.3, 0.4) is 0 Å². The molecule has 1 unspecified atom stereocenters. The van der Waals surface area contributed by atoms with Crippen LogP contribution in [0.25, 0.3) is 0 Å². The van der Waals surface area contributed by atoms with E-state index in [1.165, 1.54) is 0 Å². The van der Waals surface area contributed by atoms with Crippen molar-refractivity contribution in [3.8, 4) is 5.75 Å². The molecule has 19 heavy (non-hydrogen) atoms. The number of nitrogens with one attached hydrogen (secondary N) is 1. The third-order valence-corrected chi connectivity index (χ3v) is 3.19. The number of hydrogen-bond donors (Lipinski definition) is 1. The lowest BCUT2D eigenvalue weighted by Gasteiger charge is -2.11. The molecule has 1 N–H and O–H groups in total. The summed E-state index contributed by atoms with van der Waals surface area (Å²) in [4.78, 5) is 12.2. The maximum absolute atomic E-state index is 12.2. The van der Waals surface area contributed by atoms with E-state index in [1.807, 2.05) is 37.3 Å². The highest BCUT2D eigenvalue weighted by Gasteiger charge is 2.29.